The van der Waals surface area contributed by atoms with E-state index in [1.165, 1.54) is 33.1 Å². The van der Waals surface area contributed by atoms with Crippen molar-refractivity contribution >= 4 is 23.6 Å². The summed E-state index contributed by atoms with van der Waals surface area (Å²) in [7, 11) is 1.43. The maximum Gasteiger partial charge on any atom is 0.347 e. The van der Waals surface area contributed by atoms with Crippen LogP contribution in [0.15, 0.2) is 18.2 Å². The Kier molecular flexibility index (Phi) is 8.99. The van der Waals surface area contributed by atoms with Gasteiger partial charge >= 0.3 is 17.9 Å². The fourth-order valence-electron chi connectivity index (χ4n) is 1.87. The molecule has 1 rings (SSSR count). The van der Waals surface area contributed by atoms with Gasteiger partial charge in [-0.1, -0.05) is 0 Å². The molecule has 0 fully saturated rings. The fraction of sp³-hybridized carbons (Fsp3) is 0.471. The number of benzene rings is 1. The molecule has 1 aromatic rings. The van der Waals surface area contributed by atoms with Crippen molar-refractivity contribution in [3.8, 4) is 0 Å². The number of hydrogen-bond donors (Lipinski definition) is 1. The molecule has 0 radical (unpaired) electrons. The lowest BCUT2D eigenvalue weighted by Gasteiger charge is -2.14. The lowest BCUT2D eigenvalue weighted by molar-refractivity contribution is -0.385. The van der Waals surface area contributed by atoms with Crippen molar-refractivity contribution in [3.63, 3.8) is 0 Å². The molecule has 0 amide bonds. The number of carbonyl (C=O) groups excluding carboxylic acids is 3. The quantitative estimate of drug-likeness (QED) is 0.196. The minimum Gasteiger partial charge on any atom is -0.460 e. The van der Waals surface area contributed by atoms with Gasteiger partial charge in [-0.25, -0.2) is 14.4 Å². The Morgan fingerprint density at radius 1 is 1.14 bits per heavy atom. The Balaban J connectivity index is 2.80. The summed E-state index contributed by atoms with van der Waals surface area (Å²) in [6.45, 7) is 2.09. The zero-order valence-electron chi connectivity index (χ0n) is 15.6. The summed E-state index contributed by atoms with van der Waals surface area (Å²) < 4.78 is 19.2. The zero-order chi connectivity index (χ0) is 21.3. The molecule has 1 aromatic carbocycles. The number of nitro benzene ring substituents is 1. The molecule has 2 atom stereocenters. The molecule has 0 spiro atoms. The highest BCUT2D eigenvalue weighted by molar-refractivity contribution is 5.90. The first-order chi connectivity index (χ1) is 13.2. The third kappa shape index (κ3) is 6.93. The highest BCUT2D eigenvalue weighted by Crippen LogP contribution is 2.22. The molecule has 0 saturated heterocycles. The van der Waals surface area contributed by atoms with E-state index in [-0.39, 0.29) is 24.3 Å². The Labute approximate surface area is 160 Å². The van der Waals surface area contributed by atoms with Crippen LogP contribution >= 0.6 is 0 Å². The molecule has 2 unspecified atom stereocenters. The van der Waals surface area contributed by atoms with Crippen LogP contribution < -0.4 is 0 Å². The summed E-state index contributed by atoms with van der Waals surface area (Å²) in [5.74, 6) is -2.72. The van der Waals surface area contributed by atoms with Gasteiger partial charge in [0.15, 0.2) is 6.10 Å². The van der Waals surface area contributed by atoms with Crippen LogP contribution in [-0.2, 0) is 35.1 Å². The highest BCUT2D eigenvalue weighted by atomic mass is 16.6. The molecule has 1 N–H and O–H groups in total. The molecule has 0 aliphatic carbocycles. The number of aliphatic hydroxyl groups is 1. The third-order valence-electron chi connectivity index (χ3n) is 3.37. The van der Waals surface area contributed by atoms with E-state index < -0.39 is 47.3 Å². The minimum atomic E-state index is -1.41. The summed E-state index contributed by atoms with van der Waals surface area (Å²) in [6.07, 6.45) is -2.72. The van der Waals surface area contributed by atoms with Gasteiger partial charge in [-0.15, -0.1) is 0 Å². The summed E-state index contributed by atoms with van der Waals surface area (Å²) in [6, 6.07) is 3.56. The monoisotopic (exact) mass is 399 g/mol. The van der Waals surface area contributed by atoms with Crippen molar-refractivity contribution < 1.29 is 43.4 Å². The summed E-state index contributed by atoms with van der Waals surface area (Å²) >= 11 is 0. The van der Waals surface area contributed by atoms with Gasteiger partial charge in [-0.05, 0) is 26.0 Å². The second kappa shape index (κ2) is 10.9. The number of aliphatic hydroxyl groups excluding tert-OH is 1. The molecule has 0 heterocycles. The molecule has 0 saturated carbocycles. The Morgan fingerprint density at radius 3 is 2.39 bits per heavy atom. The van der Waals surface area contributed by atoms with Crippen molar-refractivity contribution in [2.45, 2.75) is 32.7 Å². The Bertz CT molecular complexity index is 731. The third-order valence-corrected chi connectivity index (χ3v) is 3.37. The lowest BCUT2D eigenvalue weighted by atomic mass is 10.1. The topological polar surface area (TPSA) is 152 Å². The number of carbonyl (C=O) groups is 3. The van der Waals surface area contributed by atoms with Crippen LogP contribution in [0.2, 0.25) is 0 Å². The molecular formula is C17H21NO10. The molecule has 28 heavy (non-hydrogen) atoms. The maximum absolute atomic E-state index is 11.9. The minimum absolute atomic E-state index is 0.00837. The van der Waals surface area contributed by atoms with E-state index in [9.17, 15) is 24.5 Å². The Morgan fingerprint density at radius 2 is 1.82 bits per heavy atom. The number of hydrogen-bond acceptors (Lipinski definition) is 10. The first-order valence-electron chi connectivity index (χ1n) is 8.16. The fourth-order valence-corrected chi connectivity index (χ4v) is 1.87. The van der Waals surface area contributed by atoms with Crippen molar-refractivity contribution in [2.75, 3.05) is 20.3 Å². The van der Waals surface area contributed by atoms with E-state index in [1.807, 2.05) is 0 Å². The second-order valence-corrected chi connectivity index (χ2v) is 5.59. The maximum atomic E-state index is 11.9. The number of methoxy groups -OCH3 is 1. The summed E-state index contributed by atoms with van der Waals surface area (Å²) in [5, 5.41) is 20.3. The zero-order valence-corrected chi connectivity index (χ0v) is 15.6. The average Bonchev–Trinajstić information content (AvgIpc) is 2.65. The molecule has 154 valence electrons. The van der Waals surface area contributed by atoms with Crippen molar-refractivity contribution in [1.29, 1.82) is 0 Å². The van der Waals surface area contributed by atoms with Gasteiger partial charge in [-0.3, -0.25) is 10.1 Å². The molecule has 0 aromatic heterocycles. The first-order valence-corrected chi connectivity index (χ1v) is 8.16. The van der Waals surface area contributed by atoms with Crippen LogP contribution in [0.1, 0.15) is 29.8 Å². The average molecular weight is 399 g/mol. The van der Waals surface area contributed by atoms with Gasteiger partial charge in [0, 0.05) is 13.2 Å². The van der Waals surface area contributed by atoms with Gasteiger partial charge < -0.3 is 24.1 Å². The summed E-state index contributed by atoms with van der Waals surface area (Å²) in [5.41, 5.74) is -0.458. The van der Waals surface area contributed by atoms with Gasteiger partial charge in [0.25, 0.3) is 5.69 Å². The molecule has 11 nitrogen and oxygen atoms in total. The van der Waals surface area contributed by atoms with E-state index >= 15 is 0 Å². The van der Waals surface area contributed by atoms with E-state index in [2.05, 4.69) is 4.74 Å². The van der Waals surface area contributed by atoms with Crippen molar-refractivity contribution in [3.05, 3.63) is 39.4 Å². The standard InChI is InChI=1S/C17H21NO10/c1-10(19)15(20)28-11(2)16(21)27-9-13-5-4-12(8-14(13)18(23)24)17(22)26-7-6-25-3/h4-5,8,10-11,19H,6-7,9H2,1-3H3. The van der Waals surface area contributed by atoms with Gasteiger partial charge in [0.1, 0.15) is 19.3 Å². The van der Waals surface area contributed by atoms with E-state index in [4.69, 9.17) is 19.3 Å². The molecule has 0 aliphatic heterocycles. The first kappa shape index (κ1) is 23.0. The van der Waals surface area contributed by atoms with Crippen LogP contribution in [0.3, 0.4) is 0 Å². The smallest absolute Gasteiger partial charge is 0.347 e. The predicted molar refractivity (Wildman–Crippen MR) is 92.3 cm³/mol. The largest absolute Gasteiger partial charge is 0.460 e. The van der Waals surface area contributed by atoms with E-state index in [1.54, 1.807) is 0 Å². The van der Waals surface area contributed by atoms with Crippen LogP contribution in [0.25, 0.3) is 0 Å². The highest BCUT2D eigenvalue weighted by Gasteiger charge is 2.24. The SMILES string of the molecule is COCCOC(=O)c1ccc(COC(=O)C(C)OC(=O)C(C)O)c([N+](=O)[O-])c1. The number of ether oxygens (including phenoxy) is 4. The number of esters is 3. The van der Waals surface area contributed by atoms with Crippen LogP contribution in [0, 0.1) is 10.1 Å². The Hall–Kier alpha value is -3.05. The predicted octanol–water partition coefficient (Wildman–Crippen LogP) is 0.754. The number of rotatable bonds is 10. The van der Waals surface area contributed by atoms with Gasteiger partial charge in [0.2, 0.25) is 0 Å². The second-order valence-electron chi connectivity index (χ2n) is 5.59. The lowest BCUT2D eigenvalue weighted by Crippen LogP contribution is -2.30. The van der Waals surface area contributed by atoms with Crippen LogP contribution in [-0.4, -0.2) is 60.5 Å². The molecule has 0 aliphatic rings. The van der Waals surface area contributed by atoms with Gasteiger partial charge in [0.05, 0.1) is 22.7 Å². The molecular weight excluding hydrogens is 378 g/mol. The van der Waals surface area contributed by atoms with Crippen LogP contribution in [0.4, 0.5) is 5.69 Å². The number of nitrogens with zero attached hydrogens (tertiary/aromatic N) is 1. The van der Waals surface area contributed by atoms with Crippen LogP contribution in [0.5, 0.6) is 0 Å². The molecule has 11 heteroatoms. The van der Waals surface area contributed by atoms with Gasteiger partial charge in [-0.2, -0.15) is 0 Å². The van der Waals surface area contributed by atoms with Crippen molar-refractivity contribution in [2.24, 2.45) is 0 Å². The number of nitro groups is 1. The molecule has 0 bridgehead atoms. The van der Waals surface area contributed by atoms with E-state index in [0.717, 1.165) is 6.07 Å². The summed E-state index contributed by atoms with van der Waals surface area (Å²) in [4.78, 5) is 45.5. The van der Waals surface area contributed by atoms with Crippen molar-refractivity contribution in [1.82, 2.24) is 0 Å². The van der Waals surface area contributed by atoms with E-state index in [0.29, 0.717) is 0 Å². The normalized spacial score (nSPS) is 12.6.